The number of methoxy groups -OCH3 is 1. The van der Waals surface area contributed by atoms with Crippen LogP contribution >= 0.6 is 11.8 Å². The quantitative estimate of drug-likeness (QED) is 0.177. The zero-order chi connectivity index (χ0) is 34.6. The van der Waals surface area contributed by atoms with Crippen LogP contribution in [-0.4, -0.2) is 57.3 Å². The fourth-order valence-electron chi connectivity index (χ4n) is 5.29. The van der Waals surface area contributed by atoms with Crippen molar-refractivity contribution >= 4 is 28.6 Å². The third-order valence-electron chi connectivity index (χ3n) is 7.83. The van der Waals surface area contributed by atoms with E-state index < -0.39 is 24.6 Å². The van der Waals surface area contributed by atoms with Crippen LogP contribution in [0.2, 0.25) is 0 Å². The van der Waals surface area contributed by atoms with Crippen molar-refractivity contribution in [2.24, 2.45) is 4.99 Å². The van der Waals surface area contributed by atoms with Crippen molar-refractivity contribution in [3.8, 4) is 28.6 Å². The van der Waals surface area contributed by atoms with Gasteiger partial charge in [0.1, 0.15) is 24.0 Å². The largest absolute Gasteiger partial charge is 0.573 e. The minimum Gasteiger partial charge on any atom is -0.497 e. The lowest BCUT2D eigenvalue weighted by molar-refractivity contribution is -0.274. The number of aromatic nitrogens is 3. The fourth-order valence-corrected chi connectivity index (χ4v) is 6.50. The number of halogens is 4. The Balaban J connectivity index is 1.25. The zero-order valence-corrected chi connectivity index (χ0v) is 27.8. The first kappa shape index (κ1) is 34.7. The molecule has 5 rings (SSSR count). The Morgan fingerprint density at radius 2 is 1.73 bits per heavy atom. The molecule has 1 aromatic heterocycles. The molecule has 2 heterocycles. The van der Waals surface area contributed by atoms with Gasteiger partial charge in [-0.15, -0.1) is 18.3 Å². The maximum atomic E-state index is 15.6. The smallest absolute Gasteiger partial charge is 0.497 e. The minimum absolute atomic E-state index is 0.0894. The Kier molecular flexibility index (Phi) is 10.6. The van der Waals surface area contributed by atoms with E-state index in [-0.39, 0.29) is 17.7 Å². The van der Waals surface area contributed by atoms with Gasteiger partial charge >= 0.3 is 12.4 Å². The number of anilines is 1. The summed E-state index contributed by atoms with van der Waals surface area (Å²) in [6, 6.07) is 16.2. The van der Waals surface area contributed by atoms with E-state index in [1.165, 1.54) is 47.0 Å². The Bertz CT molecular complexity index is 1750. The number of aliphatic imine (C=N–C) groups is 1. The number of hydrogen-bond donors (Lipinski definition) is 1. The number of nitrogens with one attached hydrogen (secondary N) is 1. The Hall–Kier alpha value is -4.59. The van der Waals surface area contributed by atoms with E-state index in [4.69, 9.17) is 4.74 Å². The van der Waals surface area contributed by atoms with Crippen LogP contribution in [0, 0.1) is 0 Å². The van der Waals surface area contributed by atoms with Gasteiger partial charge in [-0.1, -0.05) is 55.9 Å². The number of thioether (sulfide) groups is 1. The first-order chi connectivity index (χ1) is 22.8. The minimum atomic E-state index is -4.78. The van der Waals surface area contributed by atoms with Gasteiger partial charge in [0.25, 0.3) is 0 Å². The Morgan fingerprint density at radius 1 is 1.04 bits per heavy atom. The van der Waals surface area contributed by atoms with Gasteiger partial charge in [-0.3, -0.25) is 0 Å². The second-order valence-electron chi connectivity index (χ2n) is 11.6. The number of nitrogens with zero attached hydrogens (tertiary/aromatic N) is 5. The fraction of sp³-hybridized carbons (Fsp3) is 0.353. The van der Waals surface area contributed by atoms with Gasteiger partial charge in [-0.25, -0.2) is 18.9 Å². The molecule has 0 bridgehead atoms. The molecule has 3 atom stereocenters. The number of ether oxygens (including phenoxy) is 2. The molecule has 0 aliphatic carbocycles. The lowest BCUT2D eigenvalue weighted by Crippen LogP contribution is -2.43. The Labute approximate surface area is 280 Å². The van der Waals surface area contributed by atoms with E-state index in [0.29, 0.717) is 33.6 Å². The van der Waals surface area contributed by atoms with Gasteiger partial charge in [-0.2, -0.15) is 4.99 Å². The summed E-state index contributed by atoms with van der Waals surface area (Å²) in [6.07, 6.45) is -3.98. The summed E-state index contributed by atoms with van der Waals surface area (Å²) in [7, 11) is 1.62. The molecule has 1 saturated heterocycles. The third kappa shape index (κ3) is 8.27. The first-order valence-electron chi connectivity index (χ1n) is 15.3. The van der Waals surface area contributed by atoms with Gasteiger partial charge in [0.2, 0.25) is 0 Å². The SMILES string of the molecule is COc1ccc(C(C)C)c(N2/C(=N/C(=O)NC(C)C(F)c3ccc(-c4ncn(-c5ccc(OC(F)(F)F)cc5)n4)cc3)SCCC2C)c1. The molecule has 1 fully saturated rings. The number of carbonyl (C=O) groups excluding carboxylic acids is 1. The zero-order valence-electron chi connectivity index (χ0n) is 27.0. The first-order valence-corrected chi connectivity index (χ1v) is 16.3. The van der Waals surface area contributed by atoms with Gasteiger partial charge in [-0.05, 0) is 67.6 Å². The number of alkyl halides is 4. The second-order valence-corrected chi connectivity index (χ2v) is 12.7. The molecular weight excluding hydrogens is 648 g/mol. The molecule has 2 amide bonds. The molecule has 0 spiro atoms. The van der Waals surface area contributed by atoms with Crippen molar-refractivity contribution in [2.75, 3.05) is 17.8 Å². The average Bonchev–Trinajstić information content (AvgIpc) is 3.54. The van der Waals surface area contributed by atoms with Crippen molar-refractivity contribution in [3.63, 3.8) is 0 Å². The molecule has 1 aliphatic rings. The van der Waals surface area contributed by atoms with Gasteiger partial charge in [0.05, 0.1) is 24.5 Å². The highest BCUT2D eigenvalue weighted by atomic mass is 32.2. The molecular formula is C34H36F4N6O3S. The van der Waals surface area contributed by atoms with Gasteiger partial charge in [0, 0.05) is 23.4 Å². The highest BCUT2D eigenvalue weighted by Crippen LogP contribution is 2.37. The summed E-state index contributed by atoms with van der Waals surface area (Å²) in [6.45, 7) is 7.89. The number of urea groups is 1. The van der Waals surface area contributed by atoms with Crippen LogP contribution in [0.5, 0.6) is 11.5 Å². The predicted molar refractivity (Wildman–Crippen MR) is 179 cm³/mol. The Morgan fingerprint density at radius 3 is 2.38 bits per heavy atom. The van der Waals surface area contributed by atoms with Crippen LogP contribution in [0.15, 0.2) is 78.0 Å². The molecule has 1 N–H and O–H groups in total. The highest BCUT2D eigenvalue weighted by Gasteiger charge is 2.31. The summed E-state index contributed by atoms with van der Waals surface area (Å²) in [4.78, 5) is 23.8. The van der Waals surface area contributed by atoms with E-state index in [2.05, 4.69) is 50.8 Å². The number of carbonyl (C=O) groups is 1. The van der Waals surface area contributed by atoms with Crippen LogP contribution < -0.4 is 19.7 Å². The number of amidine groups is 1. The monoisotopic (exact) mass is 684 g/mol. The topological polar surface area (TPSA) is 93.9 Å². The average molecular weight is 685 g/mol. The van der Waals surface area contributed by atoms with Crippen molar-refractivity contribution in [3.05, 3.63) is 84.2 Å². The molecule has 0 saturated carbocycles. The number of amides is 2. The van der Waals surface area contributed by atoms with Crippen LogP contribution in [0.3, 0.4) is 0 Å². The maximum absolute atomic E-state index is 15.6. The van der Waals surface area contributed by atoms with E-state index in [1.54, 1.807) is 38.3 Å². The van der Waals surface area contributed by atoms with Gasteiger partial charge in [0.15, 0.2) is 11.0 Å². The number of benzene rings is 3. The van der Waals surface area contributed by atoms with Crippen molar-refractivity contribution < 1.29 is 31.8 Å². The molecule has 3 unspecified atom stereocenters. The second kappa shape index (κ2) is 14.7. The van der Waals surface area contributed by atoms with E-state index in [9.17, 15) is 18.0 Å². The van der Waals surface area contributed by atoms with Crippen LogP contribution in [0.4, 0.5) is 28.0 Å². The number of hydrogen-bond acceptors (Lipinski definition) is 6. The van der Waals surface area contributed by atoms with E-state index in [0.717, 1.165) is 23.4 Å². The van der Waals surface area contributed by atoms with E-state index >= 15 is 4.39 Å². The maximum Gasteiger partial charge on any atom is 0.573 e. The predicted octanol–water partition coefficient (Wildman–Crippen LogP) is 8.46. The summed E-state index contributed by atoms with van der Waals surface area (Å²) in [5.41, 5.74) is 3.46. The molecule has 254 valence electrons. The normalized spacial score (nSPS) is 17.3. The summed E-state index contributed by atoms with van der Waals surface area (Å²) in [5.74, 6) is 1.73. The molecule has 0 radical (unpaired) electrons. The molecule has 48 heavy (non-hydrogen) atoms. The standard InChI is InChI=1S/C34H36F4N6O3S/c1-20(2)28-15-14-27(46-5)18-29(28)44-21(3)16-17-48-33(44)41-32(45)40-22(4)30(35)23-6-8-24(9-7-23)31-39-19-43(42-31)25-10-12-26(13-11-25)47-34(36,37)38/h6-15,18-22,30H,16-17H2,1-5H3,(H,40,45)/b41-33-. The van der Waals surface area contributed by atoms with Crippen LogP contribution in [0.1, 0.15) is 57.3 Å². The van der Waals surface area contributed by atoms with Crippen LogP contribution in [0.25, 0.3) is 17.1 Å². The lowest BCUT2D eigenvalue weighted by Gasteiger charge is -2.37. The van der Waals surface area contributed by atoms with E-state index in [1.807, 2.05) is 18.2 Å². The molecule has 14 heteroatoms. The summed E-state index contributed by atoms with van der Waals surface area (Å²) in [5, 5.41) is 7.62. The van der Waals surface area contributed by atoms with Crippen molar-refractivity contribution in [1.29, 1.82) is 0 Å². The molecule has 1 aliphatic heterocycles. The highest BCUT2D eigenvalue weighted by molar-refractivity contribution is 8.14. The van der Waals surface area contributed by atoms with Crippen LogP contribution in [-0.2, 0) is 0 Å². The van der Waals surface area contributed by atoms with Gasteiger partial charge < -0.3 is 19.7 Å². The summed E-state index contributed by atoms with van der Waals surface area (Å²) < 4.78 is 63.7. The molecule has 9 nitrogen and oxygen atoms in total. The third-order valence-corrected chi connectivity index (χ3v) is 8.82. The number of rotatable bonds is 9. The van der Waals surface area contributed by atoms with Crippen molar-refractivity contribution in [2.45, 2.75) is 64.7 Å². The van der Waals surface area contributed by atoms with Crippen molar-refractivity contribution in [1.82, 2.24) is 20.1 Å². The molecule has 3 aromatic carbocycles. The summed E-state index contributed by atoms with van der Waals surface area (Å²) >= 11 is 1.49. The lowest BCUT2D eigenvalue weighted by atomic mass is 9.99. The molecule has 4 aromatic rings.